The number of aliphatic hydroxyl groups excluding tert-OH is 1. The number of carbonyl (C=O) groups is 1. The van der Waals surface area contributed by atoms with Gasteiger partial charge in [0.05, 0.1) is 29.8 Å². The average Bonchev–Trinajstić information content (AvgIpc) is 2.70. The number of rotatable bonds is 6. The number of nitrogens with zero attached hydrogens (tertiary/aromatic N) is 4. The summed E-state index contributed by atoms with van der Waals surface area (Å²) in [5, 5.41) is 10.1. The number of benzene rings is 1. The van der Waals surface area contributed by atoms with Gasteiger partial charge in [-0.3, -0.25) is 9.69 Å². The van der Waals surface area contributed by atoms with Gasteiger partial charge in [-0.2, -0.15) is 13.2 Å². The minimum Gasteiger partial charge on any atom is -0.393 e. The van der Waals surface area contributed by atoms with E-state index in [4.69, 9.17) is 5.73 Å². The first kappa shape index (κ1) is 22.7. The van der Waals surface area contributed by atoms with Gasteiger partial charge in [0.1, 0.15) is 12.1 Å². The van der Waals surface area contributed by atoms with E-state index in [1.165, 1.54) is 12.4 Å². The van der Waals surface area contributed by atoms with Crippen molar-refractivity contribution in [2.75, 3.05) is 24.5 Å². The van der Waals surface area contributed by atoms with Crippen LogP contribution in [0, 0.1) is 5.92 Å². The minimum atomic E-state index is -4.49. The molecule has 1 amide bonds. The van der Waals surface area contributed by atoms with Gasteiger partial charge in [-0.15, -0.1) is 0 Å². The van der Waals surface area contributed by atoms with Crippen LogP contribution >= 0.6 is 0 Å². The van der Waals surface area contributed by atoms with Crippen molar-refractivity contribution in [2.24, 2.45) is 11.7 Å². The molecule has 4 rings (SSSR count). The SMILES string of the molecule is CC(O)C1CCC(N2CC(N(CC(N)=O)c3ncnc4ccc(C(F)(F)F)cc34)C2)CC1. The highest BCUT2D eigenvalue weighted by molar-refractivity contribution is 5.92. The van der Waals surface area contributed by atoms with Crippen LogP contribution in [0.15, 0.2) is 24.5 Å². The summed E-state index contributed by atoms with van der Waals surface area (Å²) in [7, 11) is 0. The molecular weight excluding hydrogens is 423 g/mol. The van der Waals surface area contributed by atoms with Gasteiger partial charge in [-0.25, -0.2) is 9.97 Å². The monoisotopic (exact) mass is 451 g/mol. The molecule has 174 valence electrons. The van der Waals surface area contributed by atoms with E-state index in [1.54, 1.807) is 4.90 Å². The maximum Gasteiger partial charge on any atom is 0.416 e. The number of fused-ring (bicyclic) bond motifs is 1. The van der Waals surface area contributed by atoms with Crippen LogP contribution in [-0.4, -0.2) is 63.7 Å². The van der Waals surface area contributed by atoms with E-state index in [9.17, 15) is 23.1 Å². The lowest BCUT2D eigenvalue weighted by Crippen LogP contribution is -2.64. The summed E-state index contributed by atoms with van der Waals surface area (Å²) in [6.07, 6.45) is 0.475. The molecule has 32 heavy (non-hydrogen) atoms. The smallest absolute Gasteiger partial charge is 0.393 e. The van der Waals surface area contributed by atoms with Crippen molar-refractivity contribution < 1.29 is 23.1 Å². The summed E-state index contributed by atoms with van der Waals surface area (Å²) in [6, 6.07) is 3.68. The molecule has 2 aromatic rings. The number of nitrogens with two attached hydrogens (primary N) is 1. The molecule has 2 aliphatic rings. The molecule has 7 nitrogen and oxygen atoms in total. The number of carbonyl (C=O) groups excluding carboxylic acids is 1. The normalized spacial score (nSPS) is 23.7. The summed E-state index contributed by atoms with van der Waals surface area (Å²) in [5.74, 6) is 0.0619. The van der Waals surface area contributed by atoms with Crippen LogP contribution in [-0.2, 0) is 11.0 Å². The molecular formula is C22H28F3N5O2. The number of hydrogen-bond donors (Lipinski definition) is 2. The second-order valence-electron chi connectivity index (χ2n) is 8.94. The lowest BCUT2D eigenvalue weighted by molar-refractivity contribution is -0.137. The fourth-order valence-corrected chi connectivity index (χ4v) is 4.93. The maximum atomic E-state index is 13.3. The fourth-order valence-electron chi connectivity index (χ4n) is 4.93. The zero-order valence-electron chi connectivity index (χ0n) is 17.9. The second kappa shape index (κ2) is 8.82. The molecule has 1 aromatic heterocycles. The highest BCUT2D eigenvalue weighted by Crippen LogP contribution is 2.36. The third kappa shape index (κ3) is 4.66. The molecule has 0 spiro atoms. The Balaban J connectivity index is 1.54. The van der Waals surface area contributed by atoms with Crippen molar-refractivity contribution in [3.8, 4) is 0 Å². The number of aliphatic hydroxyl groups is 1. The summed E-state index contributed by atoms with van der Waals surface area (Å²) < 4.78 is 39.8. The molecule has 1 saturated heterocycles. The van der Waals surface area contributed by atoms with E-state index in [-0.39, 0.29) is 24.1 Å². The van der Waals surface area contributed by atoms with Crippen molar-refractivity contribution in [2.45, 2.75) is 57.0 Å². The lowest BCUT2D eigenvalue weighted by atomic mass is 9.81. The Morgan fingerprint density at radius 3 is 2.53 bits per heavy atom. The van der Waals surface area contributed by atoms with Gasteiger partial charge >= 0.3 is 6.18 Å². The summed E-state index contributed by atoms with van der Waals surface area (Å²) in [5.41, 5.74) is 5.06. The van der Waals surface area contributed by atoms with Crippen LogP contribution in [0.5, 0.6) is 0 Å². The zero-order valence-corrected chi connectivity index (χ0v) is 17.9. The number of anilines is 1. The molecule has 0 radical (unpaired) electrons. The number of halogens is 3. The van der Waals surface area contributed by atoms with E-state index in [0.717, 1.165) is 37.8 Å². The zero-order chi connectivity index (χ0) is 23.0. The molecule has 1 aromatic carbocycles. The van der Waals surface area contributed by atoms with Gasteiger partial charge in [-0.1, -0.05) is 0 Å². The molecule has 10 heteroatoms. The first-order chi connectivity index (χ1) is 15.1. The Kier molecular flexibility index (Phi) is 6.26. The number of alkyl halides is 3. The van der Waals surface area contributed by atoms with Crippen LogP contribution in [0.2, 0.25) is 0 Å². The Bertz CT molecular complexity index is 970. The van der Waals surface area contributed by atoms with Gasteiger partial charge in [0.25, 0.3) is 0 Å². The van der Waals surface area contributed by atoms with Crippen LogP contribution in [0.1, 0.15) is 38.2 Å². The molecule has 2 fully saturated rings. The van der Waals surface area contributed by atoms with E-state index >= 15 is 0 Å². The highest BCUT2D eigenvalue weighted by atomic mass is 19.4. The molecule has 2 heterocycles. The molecule has 1 atom stereocenters. The van der Waals surface area contributed by atoms with Gasteiger partial charge in [0.2, 0.25) is 5.91 Å². The van der Waals surface area contributed by atoms with Crippen LogP contribution in [0.25, 0.3) is 10.9 Å². The fraction of sp³-hybridized carbons (Fsp3) is 0.591. The Labute approximate surface area is 184 Å². The number of amides is 1. The first-order valence-electron chi connectivity index (χ1n) is 10.9. The molecule has 0 bridgehead atoms. The quantitative estimate of drug-likeness (QED) is 0.701. The third-order valence-electron chi connectivity index (χ3n) is 6.81. The topological polar surface area (TPSA) is 95.6 Å². The van der Waals surface area contributed by atoms with E-state index in [0.29, 0.717) is 36.4 Å². The van der Waals surface area contributed by atoms with Crippen LogP contribution in [0.3, 0.4) is 0 Å². The predicted molar refractivity (Wildman–Crippen MR) is 114 cm³/mol. The maximum absolute atomic E-state index is 13.3. The largest absolute Gasteiger partial charge is 0.416 e. The number of primary amides is 1. The molecule has 1 aliphatic heterocycles. The Morgan fingerprint density at radius 1 is 1.25 bits per heavy atom. The average molecular weight is 451 g/mol. The van der Waals surface area contributed by atoms with Gasteiger partial charge in [0, 0.05) is 24.5 Å². The van der Waals surface area contributed by atoms with Gasteiger partial charge < -0.3 is 15.7 Å². The Hall–Kier alpha value is -2.46. The standard InChI is InChI=1S/C22H28F3N5O2/c1-13(31)14-2-5-16(6-3-14)29-9-17(10-29)30(11-20(26)32)21-18-8-15(22(23,24)25)4-7-19(18)27-12-28-21/h4,7-8,12-14,16-17,31H,2-3,5-6,9-11H2,1H3,(H2,26,32). The predicted octanol–water partition coefficient (Wildman–Crippen LogP) is 2.56. The lowest BCUT2D eigenvalue weighted by Gasteiger charge is -2.50. The van der Waals surface area contributed by atoms with E-state index in [2.05, 4.69) is 14.9 Å². The van der Waals surface area contributed by atoms with Crippen molar-refractivity contribution in [1.29, 1.82) is 0 Å². The van der Waals surface area contributed by atoms with Crippen LogP contribution < -0.4 is 10.6 Å². The summed E-state index contributed by atoms with van der Waals surface area (Å²) >= 11 is 0. The van der Waals surface area contributed by atoms with Crippen molar-refractivity contribution >= 4 is 22.6 Å². The number of aromatic nitrogens is 2. The number of hydrogen-bond acceptors (Lipinski definition) is 6. The third-order valence-corrected chi connectivity index (χ3v) is 6.81. The number of likely N-dealkylation sites (tertiary alicyclic amines) is 1. The van der Waals surface area contributed by atoms with Crippen molar-refractivity contribution in [1.82, 2.24) is 14.9 Å². The van der Waals surface area contributed by atoms with Crippen molar-refractivity contribution in [3.05, 3.63) is 30.1 Å². The second-order valence-corrected chi connectivity index (χ2v) is 8.94. The van der Waals surface area contributed by atoms with Gasteiger partial charge in [0.15, 0.2) is 0 Å². The first-order valence-corrected chi connectivity index (χ1v) is 10.9. The summed E-state index contributed by atoms with van der Waals surface area (Å²) in [6.45, 7) is 3.07. The van der Waals surface area contributed by atoms with Crippen molar-refractivity contribution in [3.63, 3.8) is 0 Å². The van der Waals surface area contributed by atoms with E-state index in [1.807, 2.05) is 6.92 Å². The molecule has 3 N–H and O–H groups in total. The van der Waals surface area contributed by atoms with E-state index < -0.39 is 17.6 Å². The highest BCUT2D eigenvalue weighted by Gasteiger charge is 2.39. The summed E-state index contributed by atoms with van der Waals surface area (Å²) in [4.78, 5) is 24.2. The van der Waals surface area contributed by atoms with Gasteiger partial charge in [-0.05, 0) is 56.7 Å². The Morgan fingerprint density at radius 2 is 1.94 bits per heavy atom. The molecule has 1 unspecified atom stereocenters. The van der Waals surface area contributed by atoms with Crippen LogP contribution in [0.4, 0.5) is 19.0 Å². The molecule has 1 aliphatic carbocycles. The minimum absolute atomic E-state index is 0.0790. The molecule has 1 saturated carbocycles.